The number of likely N-dealkylation sites (tertiary alicyclic amines) is 1. The van der Waals surface area contributed by atoms with E-state index in [1.54, 1.807) is 4.90 Å². The average Bonchev–Trinajstić information content (AvgIpc) is 2.03. The molecular formula is C8H16N2O2. The van der Waals surface area contributed by atoms with Crippen molar-refractivity contribution in [2.24, 2.45) is 5.73 Å². The number of rotatable bonds is 1. The zero-order valence-corrected chi connectivity index (χ0v) is 7.36. The summed E-state index contributed by atoms with van der Waals surface area (Å²) in [6, 6.07) is 0.0847. The van der Waals surface area contributed by atoms with E-state index in [1.165, 1.54) is 6.92 Å². The van der Waals surface area contributed by atoms with Crippen LogP contribution in [-0.2, 0) is 4.79 Å². The van der Waals surface area contributed by atoms with Crippen LogP contribution in [0.1, 0.15) is 19.8 Å². The molecule has 0 aromatic rings. The molecule has 0 spiro atoms. The Morgan fingerprint density at radius 1 is 1.75 bits per heavy atom. The van der Waals surface area contributed by atoms with Crippen LogP contribution < -0.4 is 5.73 Å². The summed E-state index contributed by atoms with van der Waals surface area (Å²) in [5, 5.41) is 9.03. The van der Waals surface area contributed by atoms with Crippen LogP contribution in [0.25, 0.3) is 0 Å². The van der Waals surface area contributed by atoms with Crippen molar-refractivity contribution in [2.75, 3.05) is 13.1 Å². The molecule has 0 radical (unpaired) electrons. The van der Waals surface area contributed by atoms with Crippen LogP contribution in [-0.4, -0.2) is 41.1 Å². The van der Waals surface area contributed by atoms with Gasteiger partial charge in [-0.15, -0.1) is 0 Å². The summed E-state index contributed by atoms with van der Waals surface area (Å²) in [4.78, 5) is 12.9. The first-order valence-electron chi connectivity index (χ1n) is 4.33. The van der Waals surface area contributed by atoms with Crippen molar-refractivity contribution < 1.29 is 9.90 Å². The summed E-state index contributed by atoms with van der Waals surface area (Å²) in [7, 11) is 0. The summed E-state index contributed by atoms with van der Waals surface area (Å²) >= 11 is 0. The minimum Gasteiger partial charge on any atom is -0.384 e. The first-order chi connectivity index (χ1) is 5.61. The van der Waals surface area contributed by atoms with Gasteiger partial charge in [0.25, 0.3) is 5.91 Å². The maximum atomic E-state index is 11.3. The number of aliphatic hydroxyl groups is 1. The summed E-state index contributed by atoms with van der Waals surface area (Å²) in [5.41, 5.74) is 5.69. The van der Waals surface area contributed by atoms with E-state index in [-0.39, 0.29) is 11.9 Å². The lowest BCUT2D eigenvalue weighted by atomic mass is 10.1. The van der Waals surface area contributed by atoms with Crippen LogP contribution in [0, 0.1) is 0 Å². The Kier molecular flexibility index (Phi) is 3.05. The van der Waals surface area contributed by atoms with Gasteiger partial charge in [-0.05, 0) is 19.8 Å². The molecule has 0 bridgehead atoms. The standard InChI is InChI=1S/C8H16N2O2/c1-6(11)8(12)10-4-2-3-7(9)5-10/h6-7,11H,2-5,9H2,1H3/t6-,7-/m0/s1. The molecule has 3 N–H and O–H groups in total. The number of aliphatic hydroxyl groups excluding tert-OH is 1. The van der Waals surface area contributed by atoms with Gasteiger partial charge in [-0.1, -0.05) is 0 Å². The van der Waals surface area contributed by atoms with E-state index in [0.29, 0.717) is 6.54 Å². The van der Waals surface area contributed by atoms with E-state index in [2.05, 4.69) is 0 Å². The molecule has 1 rings (SSSR count). The van der Waals surface area contributed by atoms with Gasteiger partial charge in [0, 0.05) is 19.1 Å². The predicted octanol–water partition coefficient (Wildman–Crippen LogP) is -0.683. The largest absolute Gasteiger partial charge is 0.384 e. The highest BCUT2D eigenvalue weighted by Crippen LogP contribution is 2.09. The molecule has 2 atom stereocenters. The van der Waals surface area contributed by atoms with Gasteiger partial charge in [-0.2, -0.15) is 0 Å². The third-order valence-electron chi connectivity index (χ3n) is 2.13. The van der Waals surface area contributed by atoms with Gasteiger partial charge in [-0.3, -0.25) is 4.79 Å². The van der Waals surface area contributed by atoms with E-state index < -0.39 is 6.10 Å². The fourth-order valence-electron chi connectivity index (χ4n) is 1.47. The number of carbonyl (C=O) groups excluding carboxylic acids is 1. The van der Waals surface area contributed by atoms with Crippen LogP contribution >= 0.6 is 0 Å². The van der Waals surface area contributed by atoms with Crippen molar-refractivity contribution in [3.05, 3.63) is 0 Å². The van der Waals surface area contributed by atoms with Gasteiger partial charge >= 0.3 is 0 Å². The molecule has 1 heterocycles. The second-order valence-electron chi connectivity index (χ2n) is 3.36. The normalized spacial score (nSPS) is 26.9. The van der Waals surface area contributed by atoms with Gasteiger partial charge in [0.2, 0.25) is 0 Å². The lowest BCUT2D eigenvalue weighted by molar-refractivity contribution is -0.140. The smallest absolute Gasteiger partial charge is 0.251 e. The number of piperidine rings is 1. The molecule has 0 aliphatic carbocycles. The highest BCUT2D eigenvalue weighted by Gasteiger charge is 2.23. The van der Waals surface area contributed by atoms with E-state index >= 15 is 0 Å². The Bertz CT molecular complexity index is 170. The minimum atomic E-state index is -0.893. The van der Waals surface area contributed by atoms with E-state index in [4.69, 9.17) is 10.8 Å². The number of nitrogens with two attached hydrogens (primary N) is 1. The molecule has 1 saturated heterocycles. The highest BCUT2D eigenvalue weighted by molar-refractivity contribution is 5.80. The van der Waals surface area contributed by atoms with Crippen LogP contribution in [0.5, 0.6) is 0 Å². The van der Waals surface area contributed by atoms with Gasteiger partial charge in [0.05, 0.1) is 0 Å². The first kappa shape index (κ1) is 9.48. The Morgan fingerprint density at radius 2 is 2.42 bits per heavy atom. The molecule has 1 aliphatic heterocycles. The molecule has 70 valence electrons. The van der Waals surface area contributed by atoms with Crippen LogP contribution in [0.15, 0.2) is 0 Å². The SMILES string of the molecule is C[C@H](O)C(=O)N1CCC[C@H](N)C1. The lowest BCUT2D eigenvalue weighted by Crippen LogP contribution is -2.48. The van der Waals surface area contributed by atoms with Gasteiger partial charge in [-0.25, -0.2) is 0 Å². The number of hydrogen-bond acceptors (Lipinski definition) is 3. The zero-order valence-electron chi connectivity index (χ0n) is 7.36. The van der Waals surface area contributed by atoms with Gasteiger partial charge < -0.3 is 15.7 Å². The summed E-state index contributed by atoms with van der Waals surface area (Å²) in [5.74, 6) is -0.204. The average molecular weight is 172 g/mol. The van der Waals surface area contributed by atoms with Crippen molar-refractivity contribution in [3.63, 3.8) is 0 Å². The fraction of sp³-hybridized carbons (Fsp3) is 0.875. The predicted molar refractivity (Wildman–Crippen MR) is 45.5 cm³/mol. The van der Waals surface area contributed by atoms with Crippen LogP contribution in [0.2, 0.25) is 0 Å². The number of nitrogens with zero attached hydrogens (tertiary/aromatic N) is 1. The summed E-state index contributed by atoms with van der Waals surface area (Å²) < 4.78 is 0. The summed E-state index contributed by atoms with van der Waals surface area (Å²) in [6.07, 6.45) is 1.03. The van der Waals surface area contributed by atoms with Gasteiger partial charge in [0.1, 0.15) is 6.10 Å². The second-order valence-corrected chi connectivity index (χ2v) is 3.36. The number of amides is 1. The van der Waals surface area contributed by atoms with Crippen molar-refractivity contribution in [2.45, 2.75) is 31.9 Å². The van der Waals surface area contributed by atoms with Crippen LogP contribution in [0.4, 0.5) is 0 Å². The van der Waals surface area contributed by atoms with Crippen LogP contribution in [0.3, 0.4) is 0 Å². The maximum absolute atomic E-state index is 11.3. The molecule has 4 heteroatoms. The Morgan fingerprint density at radius 3 is 2.92 bits per heavy atom. The van der Waals surface area contributed by atoms with Crippen molar-refractivity contribution in [1.82, 2.24) is 4.90 Å². The van der Waals surface area contributed by atoms with Gasteiger partial charge in [0.15, 0.2) is 0 Å². The summed E-state index contributed by atoms with van der Waals surface area (Å²) in [6.45, 7) is 2.81. The quantitative estimate of drug-likeness (QED) is 0.550. The molecular weight excluding hydrogens is 156 g/mol. The minimum absolute atomic E-state index is 0.0847. The molecule has 0 aromatic heterocycles. The molecule has 0 unspecified atom stereocenters. The third kappa shape index (κ3) is 2.19. The second kappa shape index (κ2) is 3.87. The number of carbonyl (C=O) groups is 1. The van der Waals surface area contributed by atoms with E-state index in [1.807, 2.05) is 0 Å². The Hall–Kier alpha value is -0.610. The lowest BCUT2D eigenvalue weighted by Gasteiger charge is -2.31. The monoisotopic (exact) mass is 172 g/mol. The zero-order chi connectivity index (χ0) is 9.14. The van der Waals surface area contributed by atoms with Crippen molar-refractivity contribution in [3.8, 4) is 0 Å². The van der Waals surface area contributed by atoms with Crippen molar-refractivity contribution >= 4 is 5.91 Å². The van der Waals surface area contributed by atoms with Crippen molar-refractivity contribution in [1.29, 1.82) is 0 Å². The Balaban J connectivity index is 2.46. The highest BCUT2D eigenvalue weighted by atomic mass is 16.3. The van der Waals surface area contributed by atoms with E-state index in [0.717, 1.165) is 19.4 Å². The molecule has 12 heavy (non-hydrogen) atoms. The maximum Gasteiger partial charge on any atom is 0.251 e. The molecule has 1 amide bonds. The molecule has 1 aliphatic rings. The first-order valence-corrected chi connectivity index (χ1v) is 4.33. The third-order valence-corrected chi connectivity index (χ3v) is 2.13. The Labute approximate surface area is 72.3 Å². The molecule has 1 fully saturated rings. The molecule has 4 nitrogen and oxygen atoms in total. The fourth-order valence-corrected chi connectivity index (χ4v) is 1.47. The molecule has 0 saturated carbocycles. The molecule has 0 aromatic carbocycles. The topological polar surface area (TPSA) is 66.6 Å². The number of hydrogen-bond donors (Lipinski definition) is 2. The van der Waals surface area contributed by atoms with E-state index in [9.17, 15) is 4.79 Å².